The molecule has 2 atom stereocenters. The molecule has 1 saturated carbocycles. The summed E-state index contributed by atoms with van der Waals surface area (Å²) in [4.78, 5) is 13.9. The van der Waals surface area contributed by atoms with Crippen LogP contribution in [0.15, 0.2) is 0 Å². The summed E-state index contributed by atoms with van der Waals surface area (Å²) in [6.07, 6.45) is 5.87. The Morgan fingerprint density at radius 1 is 1.41 bits per heavy atom. The van der Waals surface area contributed by atoms with Gasteiger partial charge in [0.2, 0.25) is 5.91 Å². The molecule has 17 heavy (non-hydrogen) atoms. The SMILES string of the molecule is CCC1CCCN(CC(N)(C(N)=O)C2CC2)C1. The van der Waals surface area contributed by atoms with Crippen molar-refractivity contribution in [1.82, 2.24) is 4.90 Å². The average Bonchev–Trinajstić information content (AvgIpc) is 3.13. The molecule has 98 valence electrons. The largest absolute Gasteiger partial charge is 0.368 e. The number of primary amides is 1. The number of hydrogen-bond acceptors (Lipinski definition) is 3. The predicted molar refractivity (Wildman–Crippen MR) is 68.3 cm³/mol. The minimum absolute atomic E-state index is 0.321. The molecule has 0 spiro atoms. The Kier molecular flexibility index (Phi) is 3.73. The van der Waals surface area contributed by atoms with E-state index in [2.05, 4.69) is 11.8 Å². The number of piperidine rings is 1. The molecule has 1 saturated heterocycles. The summed E-state index contributed by atoms with van der Waals surface area (Å²) in [7, 11) is 0. The van der Waals surface area contributed by atoms with E-state index in [-0.39, 0.29) is 5.91 Å². The van der Waals surface area contributed by atoms with Crippen LogP contribution in [0.1, 0.15) is 39.0 Å². The summed E-state index contributed by atoms with van der Waals surface area (Å²) in [5.41, 5.74) is 11.0. The van der Waals surface area contributed by atoms with Crippen LogP contribution in [0.4, 0.5) is 0 Å². The van der Waals surface area contributed by atoms with E-state index in [1.54, 1.807) is 0 Å². The van der Waals surface area contributed by atoms with Crippen LogP contribution in [-0.4, -0.2) is 36.0 Å². The summed E-state index contributed by atoms with van der Waals surface area (Å²) >= 11 is 0. The van der Waals surface area contributed by atoms with Crippen LogP contribution in [0.2, 0.25) is 0 Å². The van der Waals surface area contributed by atoms with E-state index in [0.29, 0.717) is 12.5 Å². The van der Waals surface area contributed by atoms with Crippen molar-refractivity contribution in [2.45, 2.75) is 44.6 Å². The molecular weight excluding hydrogens is 214 g/mol. The van der Waals surface area contributed by atoms with Gasteiger partial charge in [0.05, 0.1) is 0 Å². The zero-order valence-electron chi connectivity index (χ0n) is 10.8. The van der Waals surface area contributed by atoms with Crippen molar-refractivity contribution in [1.29, 1.82) is 0 Å². The lowest BCUT2D eigenvalue weighted by molar-refractivity contribution is -0.124. The second-order valence-corrected chi connectivity index (χ2v) is 5.83. The molecule has 0 aromatic rings. The van der Waals surface area contributed by atoms with Crippen LogP contribution >= 0.6 is 0 Å². The Morgan fingerprint density at radius 2 is 2.12 bits per heavy atom. The molecule has 0 aromatic heterocycles. The highest BCUT2D eigenvalue weighted by Crippen LogP contribution is 2.39. The lowest BCUT2D eigenvalue weighted by Gasteiger charge is -2.38. The average molecular weight is 239 g/mol. The fourth-order valence-electron chi connectivity index (χ4n) is 3.00. The normalized spacial score (nSPS) is 29.9. The third-order valence-electron chi connectivity index (χ3n) is 4.43. The summed E-state index contributed by atoms with van der Waals surface area (Å²) in [5, 5.41) is 0. The van der Waals surface area contributed by atoms with E-state index in [1.165, 1.54) is 19.3 Å². The van der Waals surface area contributed by atoms with Gasteiger partial charge in [0.1, 0.15) is 5.54 Å². The van der Waals surface area contributed by atoms with Crippen LogP contribution in [0, 0.1) is 11.8 Å². The Morgan fingerprint density at radius 3 is 2.65 bits per heavy atom. The molecule has 0 aromatic carbocycles. The van der Waals surface area contributed by atoms with Gasteiger partial charge < -0.3 is 16.4 Å². The second kappa shape index (κ2) is 4.94. The molecule has 4 N–H and O–H groups in total. The highest BCUT2D eigenvalue weighted by Gasteiger charge is 2.47. The summed E-state index contributed by atoms with van der Waals surface area (Å²) in [6, 6.07) is 0. The van der Waals surface area contributed by atoms with E-state index in [0.717, 1.165) is 31.8 Å². The maximum Gasteiger partial charge on any atom is 0.239 e. The third kappa shape index (κ3) is 2.80. The van der Waals surface area contributed by atoms with Gasteiger partial charge in [-0.1, -0.05) is 13.3 Å². The molecule has 1 aliphatic carbocycles. The highest BCUT2D eigenvalue weighted by molar-refractivity contribution is 5.85. The summed E-state index contributed by atoms with van der Waals surface area (Å²) in [6.45, 7) is 5.03. The lowest BCUT2D eigenvalue weighted by atomic mass is 9.89. The maximum atomic E-state index is 11.6. The van der Waals surface area contributed by atoms with Crippen LogP contribution in [0.25, 0.3) is 0 Å². The van der Waals surface area contributed by atoms with Crippen LogP contribution in [0.5, 0.6) is 0 Å². The number of hydrogen-bond donors (Lipinski definition) is 2. The zero-order chi connectivity index (χ0) is 12.5. The number of rotatable bonds is 5. The standard InChI is InChI=1S/C13H25N3O/c1-2-10-4-3-7-16(8-10)9-13(15,12(14)17)11-5-6-11/h10-11H,2-9,15H2,1H3,(H2,14,17). The van der Waals surface area contributed by atoms with Crippen molar-refractivity contribution in [3.63, 3.8) is 0 Å². The summed E-state index contributed by atoms with van der Waals surface area (Å²) < 4.78 is 0. The fourth-order valence-corrected chi connectivity index (χ4v) is 3.00. The van der Waals surface area contributed by atoms with Gasteiger partial charge in [-0.2, -0.15) is 0 Å². The molecule has 2 fully saturated rings. The first kappa shape index (κ1) is 12.8. The van der Waals surface area contributed by atoms with Crippen LogP contribution in [-0.2, 0) is 4.79 Å². The van der Waals surface area contributed by atoms with Gasteiger partial charge in [0.25, 0.3) is 0 Å². The minimum Gasteiger partial charge on any atom is -0.368 e. The molecule has 1 heterocycles. The molecule has 2 rings (SSSR count). The Balaban J connectivity index is 1.95. The van der Waals surface area contributed by atoms with Crippen molar-refractivity contribution < 1.29 is 4.79 Å². The van der Waals surface area contributed by atoms with E-state index in [4.69, 9.17) is 11.5 Å². The van der Waals surface area contributed by atoms with Gasteiger partial charge in [0.15, 0.2) is 0 Å². The van der Waals surface area contributed by atoms with Crippen molar-refractivity contribution >= 4 is 5.91 Å². The number of carbonyl (C=O) groups is 1. The van der Waals surface area contributed by atoms with Crippen molar-refractivity contribution in [3.8, 4) is 0 Å². The topological polar surface area (TPSA) is 72.3 Å². The van der Waals surface area contributed by atoms with Crippen molar-refractivity contribution in [2.75, 3.05) is 19.6 Å². The number of amides is 1. The fraction of sp³-hybridized carbons (Fsp3) is 0.923. The smallest absolute Gasteiger partial charge is 0.239 e. The first-order valence-corrected chi connectivity index (χ1v) is 6.87. The zero-order valence-corrected chi connectivity index (χ0v) is 10.8. The van der Waals surface area contributed by atoms with E-state index in [9.17, 15) is 4.79 Å². The molecule has 4 heteroatoms. The Hall–Kier alpha value is -0.610. The van der Waals surface area contributed by atoms with E-state index >= 15 is 0 Å². The monoisotopic (exact) mass is 239 g/mol. The predicted octanol–water partition coefficient (Wildman–Crippen LogP) is 0.701. The van der Waals surface area contributed by atoms with E-state index in [1.807, 2.05) is 0 Å². The first-order chi connectivity index (χ1) is 8.06. The van der Waals surface area contributed by atoms with Gasteiger partial charge in [0, 0.05) is 13.1 Å². The number of nitrogens with two attached hydrogens (primary N) is 2. The Labute approximate surface area is 104 Å². The number of likely N-dealkylation sites (tertiary alicyclic amines) is 1. The van der Waals surface area contributed by atoms with Crippen LogP contribution < -0.4 is 11.5 Å². The summed E-state index contributed by atoms with van der Waals surface area (Å²) in [5.74, 6) is 0.765. The highest BCUT2D eigenvalue weighted by atomic mass is 16.1. The molecule has 0 bridgehead atoms. The van der Waals surface area contributed by atoms with E-state index < -0.39 is 5.54 Å². The molecule has 1 amide bonds. The first-order valence-electron chi connectivity index (χ1n) is 6.87. The molecule has 2 aliphatic rings. The van der Waals surface area contributed by atoms with Gasteiger partial charge in [-0.05, 0) is 44.1 Å². The van der Waals surface area contributed by atoms with Crippen molar-refractivity contribution in [3.05, 3.63) is 0 Å². The number of nitrogens with zero attached hydrogens (tertiary/aromatic N) is 1. The molecule has 2 unspecified atom stereocenters. The van der Waals surface area contributed by atoms with Gasteiger partial charge in [-0.15, -0.1) is 0 Å². The molecule has 1 aliphatic heterocycles. The quantitative estimate of drug-likeness (QED) is 0.742. The molecule has 0 radical (unpaired) electrons. The van der Waals surface area contributed by atoms with Crippen molar-refractivity contribution in [2.24, 2.45) is 23.3 Å². The second-order valence-electron chi connectivity index (χ2n) is 5.83. The molecular formula is C13H25N3O. The van der Waals surface area contributed by atoms with Gasteiger partial charge >= 0.3 is 0 Å². The molecule has 4 nitrogen and oxygen atoms in total. The van der Waals surface area contributed by atoms with Gasteiger partial charge in [-0.25, -0.2) is 0 Å². The maximum absolute atomic E-state index is 11.6. The third-order valence-corrected chi connectivity index (χ3v) is 4.43. The lowest BCUT2D eigenvalue weighted by Crippen LogP contribution is -2.61. The van der Waals surface area contributed by atoms with Crippen LogP contribution in [0.3, 0.4) is 0 Å². The Bertz CT molecular complexity index is 290. The number of carbonyl (C=O) groups excluding carboxylic acids is 1. The van der Waals surface area contributed by atoms with Gasteiger partial charge in [-0.3, -0.25) is 4.79 Å². The minimum atomic E-state index is -0.782.